The molecule has 1 aliphatic heterocycles. The fourth-order valence-corrected chi connectivity index (χ4v) is 3.28. The molecular weight excluding hydrogens is 403 g/mol. The van der Waals surface area contributed by atoms with Crippen molar-refractivity contribution in [3.63, 3.8) is 0 Å². The van der Waals surface area contributed by atoms with Gasteiger partial charge in [-0.1, -0.05) is 27.2 Å². The number of nitrogens with zero attached hydrogens (tertiary/aromatic N) is 2. The predicted octanol–water partition coefficient (Wildman–Crippen LogP) is 2.31. The van der Waals surface area contributed by atoms with E-state index in [1.54, 1.807) is 0 Å². The minimum absolute atomic E-state index is 0. The largest absolute Gasteiger partial charge is 0.374 e. The normalized spacial score (nSPS) is 28.4. The van der Waals surface area contributed by atoms with E-state index < -0.39 is 0 Å². The van der Waals surface area contributed by atoms with Gasteiger partial charge in [0.1, 0.15) is 0 Å². The third-order valence-corrected chi connectivity index (χ3v) is 4.47. The number of nitrogens with one attached hydrogen (secondary N) is 2. The standard InChI is InChI=1S/C17H34N4O.HI/c1-5-6-14-9-16(14)20-17(18-4)19-10-15-12-21(7-8-22-15)11-13(2)3;/h13-16H,5-12H2,1-4H3,(H2,18,19,20);1H. The van der Waals surface area contributed by atoms with Crippen LogP contribution in [0.15, 0.2) is 4.99 Å². The predicted molar refractivity (Wildman–Crippen MR) is 108 cm³/mol. The number of ether oxygens (including phenoxy) is 1. The van der Waals surface area contributed by atoms with Crippen molar-refractivity contribution in [2.45, 2.75) is 52.2 Å². The fourth-order valence-electron chi connectivity index (χ4n) is 3.28. The number of guanidine groups is 1. The Morgan fingerprint density at radius 2 is 2.17 bits per heavy atom. The Kier molecular flexibility index (Phi) is 9.77. The highest BCUT2D eigenvalue weighted by molar-refractivity contribution is 14.0. The summed E-state index contributed by atoms with van der Waals surface area (Å²) < 4.78 is 5.88. The number of hydrogen-bond donors (Lipinski definition) is 2. The Labute approximate surface area is 159 Å². The first-order valence-corrected chi connectivity index (χ1v) is 8.93. The third kappa shape index (κ3) is 7.56. The molecule has 2 aliphatic rings. The van der Waals surface area contributed by atoms with Crippen LogP contribution >= 0.6 is 24.0 Å². The Balaban J connectivity index is 0.00000264. The molecule has 3 unspecified atom stereocenters. The van der Waals surface area contributed by atoms with Gasteiger partial charge in [0, 0.05) is 39.3 Å². The van der Waals surface area contributed by atoms with Gasteiger partial charge in [0.2, 0.25) is 0 Å². The quantitative estimate of drug-likeness (QED) is 0.364. The second-order valence-corrected chi connectivity index (χ2v) is 7.13. The van der Waals surface area contributed by atoms with Gasteiger partial charge in [-0.05, 0) is 24.7 Å². The smallest absolute Gasteiger partial charge is 0.191 e. The molecule has 2 rings (SSSR count). The van der Waals surface area contributed by atoms with E-state index in [2.05, 4.69) is 41.3 Å². The molecule has 0 bridgehead atoms. The average molecular weight is 438 g/mol. The lowest BCUT2D eigenvalue weighted by Crippen LogP contribution is -2.50. The second kappa shape index (κ2) is 10.7. The Hall–Kier alpha value is -0.0800. The van der Waals surface area contributed by atoms with E-state index in [1.165, 1.54) is 19.3 Å². The van der Waals surface area contributed by atoms with Crippen LogP contribution in [0.5, 0.6) is 0 Å². The number of hydrogen-bond acceptors (Lipinski definition) is 3. The molecular formula is C17H35IN4O. The molecule has 5 nitrogen and oxygen atoms in total. The van der Waals surface area contributed by atoms with Crippen molar-refractivity contribution in [1.82, 2.24) is 15.5 Å². The summed E-state index contributed by atoms with van der Waals surface area (Å²) in [6.07, 6.45) is 4.15. The van der Waals surface area contributed by atoms with Crippen molar-refractivity contribution in [3.05, 3.63) is 0 Å². The van der Waals surface area contributed by atoms with Crippen molar-refractivity contribution in [3.8, 4) is 0 Å². The SMILES string of the molecule is CCCC1CC1NC(=NC)NCC1CN(CC(C)C)CCO1.I. The number of morpholine rings is 1. The van der Waals surface area contributed by atoms with Gasteiger partial charge in [-0.25, -0.2) is 0 Å². The van der Waals surface area contributed by atoms with Crippen molar-refractivity contribution in [2.24, 2.45) is 16.8 Å². The zero-order valence-electron chi connectivity index (χ0n) is 15.2. The van der Waals surface area contributed by atoms with Gasteiger partial charge in [-0.15, -0.1) is 24.0 Å². The molecule has 23 heavy (non-hydrogen) atoms. The molecule has 1 saturated carbocycles. The van der Waals surface area contributed by atoms with E-state index in [0.29, 0.717) is 12.0 Å². The summed E-state index contributed by atoms with van der Waals surface area (Å²) in [6.45, 7) is 11.7. The maximum Gasteiger partial charge on any atom is 0.191 e. The summed E-state index contributed by atoms with van der Waals surface area (Å²) in [5.74, 6) is 2.48. The maximum atomic E-state index is 5.88. The highest BCUT2D eigenvalue weighted by Crippen LogP contribution is 2.34. The Morgan fingerprint density at radius 3 is 2.83 bits per heavy atom. The van der Waals surface area contributed by atoms with Crippen LogP contribution in [-0.4, -0.2) is 62.8 Å². The molecule has 0 aromatic carbocycles. The van der Waals surface area contributed by atoms with Crippen LogP contribution in [0.4, 0.5) is 0 Å². The topological polar surface area (TPSA) is 48.9 Å². The molecule has 0 spiro atoms. The van der Waals surface area contributed by atoms with Gasteiger partial charge in [-0.3, -0.25) is 9.89 Å². The molecule has 2 fully saturated rings. The second-order valence-electron chi connectivity index (χ2n) is 7.13. The zero-order chi connectivity index (χ0) is 15.9. The molecule has 1 saturated heterocycles. The summed E-state index contributed by atoms with van der Waals surface area (Å²) in [5.41, 5.74) is 0. The van der Waals surface area contributed by atoms with Gasteiger partial charge in [0.25, 0.3) is 0 Å². The first-order valence-electron chi connectivity index (χ1n) is 8.93. The van der Waals surface area contributed by atoms with Gasteiger partial charge in [0.05, 0.1) is 12.7 Å². The van der Waals surface area contributed by atoms with E-state index in [4.69, 9.17) is 4.74 Å². The van der Waals surface area contributed by atoms with Crippen LogP contribution in [0.25, 0.3) is 0 Å². The fraction of sp³-hybridized carbons (Fsp3) is 0.941. The number of aliphatic imine (C=N–C) groups is 1. The highest BCUT2D eigenvalue weighted by atomic mass is 127. The van der Waals surface area contributed by atoms with Gasteiger partial charge in [0.15, 0.2) is 5.96 Å². The Morgan fingerprint density at radius 1 is 1.39 bits per heavy atom. The summed E-state index contributed by atoms with van der Waals surface area (Å²) in [5, 5.41) is 6.96. The van der Waals surface area contributed by atoms with Crippen molar-refractivity contribution in [2.75, 3.05) is 39.8 Å². The van der Waals surface area contributed by atoms with E-state index >= 15 is 0 Å². The highest BCUT2D eigenvalue weighted by Gasteiger charge is 2.36. The lowest BCUT2D eigenvalue weighted by molar-refractivity contribution is -0.0284. The van der Waals surface area contributed by atoms with Crippen LogP contribution in [0.2, 0.25) is 0 Å². The monoisotopic (exact) mass is 438 g/mol. The Bertz CT molecular complexity index is 365. The van der Waals surface area contributed by atoms with Crippen LogP contribution in [0.3, 0.4) is 0 Å². The van der Waals surface area contributed by atoms with Crippen molar-refractivity contribution in [1.29, 1.82) is 0 Å². The summed E-state index contributed by atoms with van der Waals surface area (Å²) in [7, 11) is 1.85. The summed E-state index contributed by atoms with van der Waals surface area (Å²) in [6, 6.07) is 0.621. The molecule has 1 heterocycles. The molecule has 0 amide bonds. The first-order chi connectivity index (χ1) is 10.6. The van der Waals surface area contributed by atoms with Crippen molar-refractivity contribution >= 4 is 29.9 Å². The average Bonchev–Trinajstić information content (AvgIpc) is 3.21. The maximum absolute atomic E-state index is 5.88. The molecule has 0 radical (unpaired) electrons. The zero-order valence-corrected chi connectivity index (χ0v) is 17.5. The molecule has 0 aromatic heterocycles. The summed E-state index contributed by atoms with van der Waals surface area (Å²) in [4.78, 5) is 6.85. The van der Waals surface area contributed by atoms with Gasteiger partial charge in [-0.2, -0.15) is 0 Å². The van der Waals surface area contributed by atoms with Gasteiger partial charge >= 0.3 is 0 Å². The van der Waals surface area contributed by atoms with Crippen LogP contribution in [0, 0.1) is 11.8 Å². The molecule has 1 aliphatic carbocycles. The van der Waals surface area contributed by atoms with Crippen LogP contribution in [0.1, 0.15) is 40.0 Å². The third-order valence-electron chi connectivity index (χ3n) is 4.47. The van der Waals surface area contributed by atoms with E-state index in [9.17, 15) is 0 Å². The minimum Gasteiger partial charge on any atom is -0.374 e. The van der Waals surface area contributed by atoms with E-state index in [1.807, 2.05) is 7.05 Å². The molecule has 6 heteroatoms. The van der Waals surface area contributed by atoms with Crippen molar-refractivity contribution < 1.29 is 4.74 Å². The summed E-state index contributed by atoms with van der Waals surface area (Å²) >= 11 is 0. The van der Waals surface area contributed by atoms with E-state index in [0.717, 1.165) is 44.7 Å². The number of rotatable bonds is 7. The minimum atomic E-state index is 0. The number of halogens is 1. The van der Waals surface area contributed by atoms with E-state index in [-0.39, 0.29) is 30.1 Å². The van der Waals surface area contributed by atoms with Crippen LogP contribution in [-0.2, 0) is 4.74 Å². The van der Waals surface area contributed by atoms with Crippen LogP contribution < -0.4 is 10.6 Å². The molecule has 2 N–H and O–H groups in total. The molecule has 0 aromatic rings. The lowest BCUT2D eigenvalue weighted by atomic mass is 10.2. The lowest BCUT2D eigenvalue weighted by Gasteiger charge is -2.34. The van der Waals surface area contributed by atoms with Gasteiger partial charge < -0.3 is 15.4 Å². The molecule has 136 valence electrons. The molecule has 3 atom stereocenters. The first kappa shape index (κ1) is 21.0.